The van der Waals surface area contributed by atoms with E-state index in [1.807, 2.05) is 0 Å². The molecular weight excluding hydrogens is 324 g/mol. The highest BCUT2D eigenvalue weighted by atomic mass is 16.1. The zero-order valence-electron chi connectivity index (χ0n) is 14.2. The molecule has 0 radical (unpaired) electrons. The smallest absolute Gasteiger partial charge is 0.268 e. The third kappa shape index (κ3) is 4.61. The first-order valence-corrected chi connectivity index (χ1v) is 8.37. The Morgan fingerprint density at radius 2 is 2.32 bits per heavy atom. The number of carbonyl (C=O) groups excluding carboxylic acids is 1. The van der Waals surface area contributed by atoms with Gasteiger partial charge in [0.2, 0.25) is 5.91 Å². The van der Waals surface area contributed by atoms with Crippen molar-refractivity contribution in [3.8, 4) is 0 Å². The van der Waals surface area contributed by atoms with Crippen LogP contribution in [0.2, 0.25) is 0 Å². The van der Waals surface area contributed by atoms with E-state index in [4.69, 9.17) is 0 Å². The lowest BCUT2D eigenvalue weighted by molar-refractivity contribution is -0.121. The van der Waals surface area contributed by atoms with Crippen LogP contribution < -0.4 is 15.8 Å². The number of hydrogen-bond acceptors (Lipinski definition) is 7. The number of aromatic nitrogens is 6. The molecule has 1 fully saturated rings. The predicted octanol–water partition coefficient (Wildman–Crippen LogP) is -0.810. The first-order chi connectivity index (χ1) is 12.1. The SMILES string of the molecule is Cn1ncc(N2CC[C@@H](CNC(=O)CCCn3cnnn3)C2)cc1=O. The van der Waals surface area contributed by atoms with Gasteiger partial charge >= 0.3 is 0 Å². The van der Waals surface area contributed by atoms with E-state index in [0.717, 1.165) is 25.2 Å². The Kier molecular flexibility index (Phi) is 5.36. The molecule has 0 saturated carbocycles. The summed E-state index contributed by atoms with van der Waals surface area (Å²) in [4.78, 5) is 25.7. The van der Waals surface area contributed by atoms with E-state index < -0.39 is 0 Å². The molecule has 1 aliphatic heterocycles. The molecule has 0 unspecified atom stereocenters. The lowest BCUT2D eigenvalue weighted by atomic mass is 10.1. The summed E-state index contributed by atoms with van der Waals surface area (Å²) < 4.78 is 2.92. The average Bonchev–Trinajstić information content (AvgIpc) is 3.27. The molecule has 134 valence electrons. The lowest BCUT2D eigenvalue weighted by Gasteiger charge is -2.18. The van der Waals surface area contributed by atoms with Crippen molar-refractivity contribution < 1.29 is 4.79 Å². The molecule has 10 nitrogen and oxygen atoms in total. The molecular formula is C15H22N8O2. The third-order valence-corrected chi connectivity index (χ3v) is 4.37. The molecule has 3 rings (SSSR count). The van der Waals surface area contributed by atoms with Crippen LogP contribution in [0.15, 0.2) is 23.4 Å². The van der Waals surface area contributed by atoms with Gasteiger partial charge in [0.15, 0.2) is 0 Å². The molecule has 1 saturated heterocycles. The number of nitrogens with one attached hydrogen (secondary N) is 1. The highest BCUT2D eigenvalue weighted by molar-refractivity contribution is 5.75. The number of carbonyl (C=O) groups is 1. The van der Waals surface area contributed by atoms with E-state index in [2.05, 4.69) is 30.8 Å². The molecule has 0 bridgehead atoms. The van der Waals surface area contributed by atoms with Gasteiger partial charge < -0.3 is 10.2 Å². The van der Waals surface area contributed by atoms with Crippen molar-refractivity contribution in [3.63, 3.8) is 0 Å². The molecule has 0 aromatic carbocycles. The van der Waals surface area contributed by atoms with E-state index in [-0.39, 0.29) is 11.5 Å². The first-order valence-electron chi connectivity index (χ1n) is 8.37. The summed E-state index contributed by atoms with van der Waals surface area (Å²) in [6.07, 6.45) is 5.39. The molecule has 0 aliphatic carbocycles. The van der Waals surface area contributed by atoms with Crippen molar-refractivity contribution in [2.75, 3.05) is 24.5 Å². The van der Waals surface area contributed by atoms with Crippen LogP contribution in [0, 0.1) is 5.92 Å². The second kappa shape index (κ2) is 7.86. The van der Waals surface area contributed by atoms with Crippen LogP contribution in [0.25, 0.3) is 0 Å². The summed E-state index contributed by atoms with van der Waals surface area (Å²) in [6, 6.07) is 1.60. The maximum Gasteiger partial charge on any atom is 0.268 e. The summed E-state index contributed by atoms with van der Waals surface area (Å²) in [6.45, 7) is 2.97. The number of aryl methyl sites for hydroxylation is 2. The van der Waals surface area contributed by atoms with Gasteiger partial charge in [-0.3, -0.25) is 9.59 Å². The molecule has 1 aliphatic rings. The summed E-state index contributed by atoms with van der Waals surface area (Å²) in [5.74, 6) is 0.425. The van der Waals surface area contributed by atoms with E-state index >= 15 is 0 Å². The number of hydrogen-bond donors (Lipinski definition) is 1. The van der Waals surface area contributed by atoms with Gasteiger partial charge in [0.05, 0.1) is 11.9 Å². The van der Waals surface area contributed by atoms with Crippen LogP contribution in [0.5, 0.6) is 0 Å². The van der Waals surface area contributed by atoms with Gasteiger partial charge in [-0.05, 0) is 29.2 Å². The maximum atomic E-state index is 11.9. The van der Waals surface area contributed by atoms with Crippen molar-refractivity contribution in [2.45, 2.75) is 25.8 Å². The van der Waals surface area contributed by atoms with E-state index in [1.54, 1.807) is 24.0 Å². The zero-order chi connectivity index (χ0) is 17.6. The van der Waals surface area contributed by atoms with Gasteiger partial charge in [-0.1, -0.05) is 0 Å². The van der Waals surface area contributed by atoms with Crippen LogP contribution >= 0.6 is 0 Å². The minimum absolute atomic E-state index is 0.0433. The second-order valence-electron chi connectivity index (χ2n) is 6.26. The molecule has 25 heavy (non-hydrogen) atoms. The quantitative estimate of drug-likeness (QED) is 0.698. The largest absolute Gasteiger partial charge is 0.370 e. The van der Waals surface area contributed by atoms with Crippen LogP contribution in [0.1, 0.15) is 19.3 Å². The minimum atomic E-state index is -0.114. The minimum Gasteiger partial charge on any atom is -0.370 e. The molecule has 0 spiro atoms. The fraction of sp³-hybridized carbons (Fsp3) is 0.600. The van der Waals surface area contributed by atoms with Crippen LogP contribution in [-0.4, -0.2) is 55.5 Å². The molecule has 2 aromatic rings. The molecule has 1 amide bonds. The monoisotopic (exact) mass is 346 g/mol. The van der Waals surface area contributed by atoms with Crippen molar-refractivity contribution in [3.05, 3.63) is 28.9 Å². The topological polar surface area (TPSA) is 111 Å². The van der Waals surface area contributed by atoms with Gasteiger partial charge in [-0.2, -0.15) is 5.10 Å². The van der Waals surface area contributed by atoms with Crippen molar-refractivity contribution in [2.24, 2.45) is 13.0 Å². The fourth-order valence-electron chi connectivity index (χ4n) is 2.90. The highest BCUT2D eigenvalue weighted by Crippen LogP contribution is 2.21. The Morgan fingerprint density at radius 1 is 1.44 bits per heavy atom. The molecule has 1 atom stereocenters. The van der Waals surface area contributed by atoms with E-state index in [1.165, 1.54) is 11.0 Å². The average molecular weight is 346 g/mol. The Labute approximate surface area is 144 Å². The summed E-state index contributed by atoms with van der Waals surface area (Å²) in [7, 11) is 1.63. The number of amides is 1. The Bertz CT molecular complexity index is 757. The van der Waals surface area contributed by atoms with Gasteiger partial charge in [0.1, 0.15) is 6.33 Å². The standard InChI is InChI=1S/C15H22N8O2/c1-21-15(25)7-13(9-18-21)22-6-4-12(10-22)8-16-14(24)3-2-5-23-11-17-19-20-23/h7,9,11-12H,2-6,8,10H2,1H3,(H,16,24)/t12-/m0/s1. The summed E-state index contributed by atoms with van der Waals surface area (Å²) in [5.41, 5.74) is 0.732. The van der Waals surface area contributed by atoms with Gasteiger partial charge in [0.25, 0.3) is 5.56 Å². The number of anilines is 1. The number of rotatable bonds is 7. The van der Waals surface area contributed by atoms with Crippen molar-refractivity contribution in [1.82, 2.24) is 35.3 Å². The zero-order valence-corrected chi connectivity index (χ0v) is 14.2. The van der Waals surface area contributed by atoms with Gasteiger partial charge in [0, 0.05) is 45.7 Å². The molecule has 1 N–H and O–H groups in total. The molecule has 10 heteroatoms. The second-order valence-corrected chi connectivity index (χ2v) is 6.26. The number of nitrogens with zero attached hydrogens (tertiary/aromatic N) is 7. The Hall–Kier alpha value is -2.78. The number of tetrazole rings is 1. The van der Waals surface area contributed by atoms with Crippen molar-refractivity contribution >= 4 is 11.6 Å². The third-order valence-electron chi connectivity index (χ3n) is 4.37. The van der Waals surface area contributed by atoms with Gasteiger partial charge in [-0.25, -0.2) is 9.36 Å². The van der Waals surface area contributed by atoms with E-state index in [9.17, 15) is 9.59 Å². The fourth-order valence-corrected chi connectivity index (χ4v) is 2.90. The van der Waals surface area contributed by atoms with Crippen LogP contribution in [0.3, 0.4) is 0 Å². The summed E-state index contributed by atoms with van der Waals surface area (Å²) >= 11 is 0. The normalized spacial score (nSPS) is 17.0. The lowest BCUT2D eigenvalue weighted by Crippen LogP contribution is -2.31. The predicted molar refractivity (Wildman–Crippen MR) is 89.9 cm³/mol. The Balaban J connectivity index is 1.38. The van der Waals surface area contributed by atoms with Crippen LogP contribution in [-0.2, 0) is 18.4 Å². The van der Waals surface area contributed by atoms with Gasteiger partial charge in [-0.15, -0.1) is 5.10 Å². The molecule has 2 aromatic heterocycles. The maximum absolute atomic E-state index is 11.9. The highest BCUT2D eigenvalue weighted by Gasteiger charge is 2.23. The summed E-state index contributed by atoms with van der Waals surface area (Å²) in [5, 5.41) is 17.9. The van der Waals surface area contributed by atoms with Crippen molar-refractivity contribution in [1.29, 1.82) is 0 Å². The Morgan fingerprint density at radius 3 is 3.08 bits per heavy atom. The molecule has 3 heterocycles. The first kappa shape index (κ1) is 17.1. The van der Waals surface area contributed by atoms with Crippen LogP contribution in [0.4, 0.5) is 5.69 Å². The van der Waals surface area contributed by atoms with E-state index in [0.29, 0.717) is 31.8 Å².